The minimum atomic E-state index is 0.657. The fourth-order valence-corrected chi connectivity index (χ4v) is 2.24. The third-order valence-corrected chi connectivity index (χ3v) is 3.11. The third kappa shape index (κ3) is 4.21. The molecular formula is C14H25N. The maximum absolute atomic E-state index is 2.57. The van der Waals surface area contributed by atoms with E-state index in [9.17, 15) is 0 Å². The maximum Gasteiger partial charge on any atom is 0.00414 e. The van der Waals surface area contributed by atoms with Gasteiger partial charge in [0, 0.05) is 18.6 Å². The summed E-state index contributed by atoms with van der Waals surface area (Å²) >= 11 is 0. The van der Waals surface area contributed by atoms with Crippen LogP contribution >= 0.6 is 0 Å². The smallest absolute Gasteiger partial charge is 0.00414 e. The van der Waals surface area contributed by atoms with Crippen molar-refractivity contribution in [1.82, 2.24) is 4.90 Å². The molecule has 1 rings (SSSR count). The summed E-state index contributed by atoms with van der Waals surface area (Å²) in [5.41, 5.74) is 1.61. The molecule has 86 valence electrons. The van der Waals surface area contributed by atoms with Crippen LogP contribution in [0.25, 0.3) is 0 Å². The van der Waals surface area contributed by atoms with Crippen LogP contribution in [-0.2, 0) is 0 Å². The van der Waals surface area contributed by atoms with Gasteiger partial charge >= 0.3 is 0 Å². The molecule has 1 heteroatoms. The molecule has 1 nitrogen and oxygen atoms in total. The Balaban J connectivity index is 2.36. The molecule has 0 N–H and O–H groups in total. The summed E-state index contributed by atoms with van der Waals surface area (Å²) in [5.74, 6) is 0. The topological polar surface area (TPSA) is 3.24 Å². The fourth-order valence-electron chi connectivity index (χ4n) is 2.24. The lowest BCUT2D eigenvalue weighted by Gasteiger charge is -2.30. The highest BCUT2D eigenvalue weighted by molar-refractivity contribution is 5.14. The van der Waals surface area contributed by atoms with Crippen molar-refractivity contribution in [1.29, 1.82) is 0 Å². The summed E-state index contributed by atoms with van der Waals surface area (Å²) in [4.78, 5) is 2.57. The normalized spacial score (nSPS) is 16.6. The van der Waals surface area contributed by atoms with E-state index in [2.05, 4.69) is 50.8 Å². The van der Waals surface area contributed by atoms with E-state index >= 15 is 0 Å². The van der Waals surface area contributed by atoms with Crippen molar-refractivity contribution in [3.63, 3.8) is 0 Å². The Bertz CT molecular complexity index is 228. The molecule has 0 heterocycles. The molecule has 1 aliphatic carbocycles. The van der Waals surface area contributed by atoms with Gasteiger partial charge in [0.1, 0.15) is 0 Å². The van der Waals surface area contributed by atoms with E-state index in [1.165, 1.54) is 19.4 Å². The van der Waals surface area contributed by atoms with Crippen LogP contribution in [0.2, 0.25) is 0 Å². The van der Waals surface area contributed by atoms with Gasteiger partial charge in [-0.1, -0.05) is 23.8 Å². The van der Waals surface area contributed by atoms with Crippen LogP contribution in [0.5, 0.6) is 0 Å². The van der Waals surface area contributed by atoms with E-state index in [4.69, 9.17) is 0 Å². The van der Waals surface area contributed by atoms with E-state index in [1.807, 2.05) is 0 Å². The molecule has 0 spiro atoms. The molecule has 1 aliphatic rings. The SMILES string of the molecule is CC(C)N(CCC1=CCC=CC1)C(C)C. The van der Waals surface area contributed by atoms with Crippen LogP contribution < -0.4 is 0 Å². The molecule has 0 aromatic carbocycles. The van der Waals surface area contributed by atoms with Crippen molar-refractivity contribution in [2.45, 2.75) is 59.0 Å². The Kier molecular flexibility index (Phi) is 5.10. The van der Waals surface area contributed by atoms with Crippen LogP contribution in [0, 0.1) is 0 Å². The molecule has 0 radical (unpaired) electrons. The van der Waals surface area contributed by atoms with Crippen molar-refractivity contribution in [3.8, 4) is 0 Å². The number of hydrogen-bond donors (Lipinski definition) is 0. The Morgan fingerprint density at radius 1 is 1.13 bits per heavy atom. The monoisotopic (exact) mass is 207 g/mol. The third-order valence-electron chi connectivity index (χ3n) is 3.11. The van der Waals surface area contributed by atoms with Crippen molar-refractivity contribution < 1.29 is 0 Å². The van der Waals surface area contributed by atoms with E-state index in [0.717, 1.165) is 6.42 Å². The molecule has 0 aromatic heterocycles. The molecule has 0 fully saturated rings. The zero-order valence-electron chi connectivity index (χ0n) is 10.7. The van der Waals surface area contributed by atoms with Gasteiger partial charge in [0.2, 0.25) is 0 Å². The highest BCUT2D eigenvalue weighted by Crippen LogP contribution is 2.16. The van der Waals surface area contributed by atoms with Crippen LogP contribution in [0.4, 0.5) is 0 Å². The summed E-state index contributed by atoms with van der Waals surface area (Å²) in [6.45, 7) is 10.4. The van der Waals surface area contributed by atoms with Gasteiger partial charge in [0.05, 0.1) is 0 Å². The maximum atomic E-state index is 2.57. The van der Waals surface area contributed by atoms with Crippen LogP contribution in [0.3, 0.4) is 0 Å². The molecule has 15 heavy (non-hydrogen) atoms. The highest BCUT2D eigenvalue weighted by Gasteiger charge is 2.13. The standard InChI is InChI=1S/C14H25N/c1-12(2)15(13(3)4)11-10-14-8-6-5-7-9-14/h5-6,9,12-13H,7-8,10-11H2,1-4H3. The van der Waals surface area contributed by atoms with Gasteiger partial charge in [-0.15, -0.1) is 0 Å². The first-order valence-electron chi connectivity index (χ1n) is 6.20. The average Bonchev–Trinajstić information content (AvgIpc) is 2.18. The van der Waals surface area contributed by atoms with Crippen LogP contribution in [0.1, 0.15) is 47.0 Å². The van der Waals surface area contributed by atoms with Crippen molar-refractivity contribution >= 4 is 0 Å². The second kappa shape index (κ2) is 6.12. The number of nitrogens with zero attached hydrogens (tertiary/aromatic N) is 1. The molecule has 0 aromatic rings. The highest BCUT2D eigenvalue weighted by atomic mass is 15.2. The zero-order valence-corrected chi connectivity index (χ0v) is 10.7. The summed E-state index contributed by atoms with van der Waals surface area (Å²) in [6, 6.07) is 1.31. The number of allylic oxidation sites excluding steroid dienone is 3. The Labute approximate surface area is 94.9 Å². The van der Waals surface area contributed by atoms with Gasteiger partial charge in [-0.2, -0.15) is 0 Å². The molecule has 0 saturated heterocycles. The first-order valence-corrected chi connectivity index (χ1v) is 6.20. The first-order chi connectivity index (χ1) is 7.11. The summed E-state index contributed by atoms with van der Waals surface area (Å²) in [7, 11) is 0. The quantitative estimate of drug-likeness (QED) is 0.620. The van der Waals surface area contributed by atoms with E-state index in [1.54, 1.807) is 5.57 Å². The molecule has 0 aliphatic heterocycles. The zero-order chi connectivity index (χ0) is 11.3. The molecule has 0 unspecified atom stereocenters. The first kappa shape index (κ1) is 12.5. The van der Waals surface area contributed by atoms with Gasteiger partial charge in [-0.3, -0.25) is 4.90 Å². The van der Waals surface area contributed by atoms with Crippen LogP contribution in [0.15, 0.2) is 23.8 Å². The minimum Gasteiger partial charge on any atom is -0.298 e. The largest absolute Gasteiger partial charge is 0.298 e. The fraction of sp³-hybridized carbons (Fsp3) is 0.714. The van der Waals surface area contributed by atoms with Gasteiger partial charge in [0.25, 0.3) is 0 Å². The van der Waals surface area contributed by atoms with Gasteiger partial charge in [-0.25, -0.2) is 0 Å². The summed E-state index contributed by atoms with van der Waals surface area (Å²) < 4.78 is 0. The second-order valence-electron chi connectivity index (χ2n) is 4.95. The molecule has 0 amide bonds. The predicted molar refractivity (Wildman–Crippen MR) is 68.1 cm³/mol. The summed E-state index contributed by atoms with van der Waals surface area (Å²) in [5, 5.41) is 0. The van der Waals surface area contributed by atoms with E-state index in [-0.39, 0.29) is 0 Å². The molecule has 0 bridgehead atoms. The van der Waals surface area contributed by atoms with Crippen molar-refractivity contribution in [2.24, 2.45) is 0 Å². The molecule has 0 atom stereocenters. The molecule has 0 saturated carbocycles. The minimum absolute atomic E-state index is 0.657. The number of rotatable bonds is 5. The van der Waals surface area contributed by atoms with Crippen LogP contribution in [-0.4, -0.2) is 23.5 Å². The van der Waals surface area contributed by atoms with E-state index in [0.29, 0.717) is 12.1 Å². The average molecular weight is 207 g/mol. The molecular weight excluding hydrogens is 182 g/mol. The predicted octanol–water partition coefficient (Wildman–Crippen LogP) is 3.77. The Morgan fingerprint density at radius 2 is 1.80 bits per heavy atom. The Hall–Kier alpha value is -0.560. The van der Waals surface area contributed by atoms with Gasteiger partial charge < -0.3 is 0 Å². The Morgan fingerprint density at radius 3 is 2.27 bits per heavy atom. The second-order valence-corrected chi connectivity index (χ2v) is 4.95. The van der Waals surface area contributed by atoms with Gasteiger partial charge in [0.15, 0.2) is 0 Å². The lowest BCUT2D eigenvalue weighted by Crippen LogP contribution is -2.37. The lowest BCUT2D eigenvalue weighted by atomic mass is 10.0. The van der Waals surface area contributed by atoms with Gasteiger partial charge in [-0.05, 0) is 47.0 Å². The number of hydrogen-bond acceptors (Lipinski definition) is 1. The summed E-state index contributed by atoms with van der Waals surface area (Å²) in [6.07, 6.45) is 10.5. The van der Waals surface area contributed by atoms with Crippen molar-refractivity contribution in [3.05, 3.63) is 23.8 Å². The van der Waals surface area contributed by atoms with E-state index < -0.39 is 0 Å². The lowest BCUT2D eigenvalue weighted by molar-refractivity contribution is 0.177. The van der Waals surface area contributed by atoms with Crippen molar-refractivity contribution in [2.75, 3.05) is 6.54 Å².